The summed E-state index contributed by atoms with van der Waals surface area (Å²) in [5.41, 5.74) is 13.7. The highest BCUT2D eigenvalue weighted by molar-refractivity contribution is 5.75. The van der Waals surface area contributed by atoms with Gasteiger partial charge in [-0.3, -0.25) is 19.2 Å². The van der Waals surface area contributed by atoms with Gasteiger partial charge in [0.05, 0.1) is 17.9 Å². The Balaban J connectivity index is 1.63. The molecule has 1 aromatic carbocycles. The molecular weight excluding hydrogens is 332 g/mol. The molecule has 136 valence electrons. The molecule has 2 heterocycles. The van der Waals surface area contributed by atoms with Crippen LogP contribution in [0.4, 0.5) is 0 Å². The summed E-state index contributed by atoms with van der Waals surface area (Å²) in [7, 11) is 0. The predicted molar refractivity (Wildman–Crippen MR) is 101 cm³/mol. The number of ether oxygens (including phenoxy) is 1. The lowest BCUT2D eigenvalue weighted by Crippen LogP contribution is -2.23. The Labute approximate surface area is 150 Å². The summed E-state index contributed by atoms with van der Waals surface area (Å²) >= 11 is 0. The number of nitrogens with two attached hydrogens (primary N) is 2. The number of aliphatic imine (C=N–C) groups is 1. The first-order valence-corrected chi connectivity index (χ1v) is 8.34. The lowest BCUT2D eigenvalue weighted by molar-refractivity contribution is 0.120. The first-order valence-electron chi connectivity index (χ1n) is 8.34. The van der Waals surface area contributed by atoms with E-state index in [0.29, 0.717) is 31.1 Å². The quantitative estimate of drug-likeness (QED) is 0.334. The molecule has 0 saturated heterocycles. The Bertz CT molecular complexity index is 968. The fourth-order valence-electron chi connectivity index (χ4n) is 2.62. The zero-order valence-corrected chi connectivity index (χ0v) is 14.6. The molecule has 5 N–H and O–H groups in total. The molecule has 3 rings (SSSR count). The second kappa shape index (κ2) is 7.83. The second-order valence-corrected chi connectivity index (χ2v) is 6.02. The molecule has 0 amide bonds. The maximum atomic E-state index is 12.3. The normalized spacial score (nSPS) is 11.0. The number of guanidine groups is 1. The smallest absolute Gasteiger partial charge is 0.260 e. The molecule has 0 saturated carbocycles. The average Bonchev–Trinajstić information content (AvgIpc) is 2.96. The number of nitrogens with zero attached hydrogens (tertiary/aromatic N) is 3. The molecule has 2 aromatic heterocycles. The number of aromatic nitrogens is 3. The summed E-state index contributed by atoms with van der Waals surface area (Å²) < 4.78 is 7.42. The van der Waals surface area contributed by atoms with Crippen molar-refractivity contribution in [2.24, 2.45) is 16.5 Å². The van der Waals surface area contributed by atoms with Gasteiger partial charge in [0.25, 0.3) is 5.56 Å². The van der Waals surface area contributed by atoms with Gasteiger partial charge in [0.1, 0.15) is 0 Å². The highest BCUT2D eigenvalue weighted by Crippen LogP contribution is 2.17. The second-order valence-electron chi connectivity index (χ2n) is 6.02. The highest BCUT2D eigenvalue weighted by Gasteiger charge is 2.07. The van der Waals surface area contributed by atoms with E-state index < -0.39 is 0 Å². The number of hydrogen-bond acceptors (Lipinski definition) is 4. The van der Waals surface area contributed by atoms with Crippen LogP contribution in [-0.2, 0) is 11.3 Å². The van der Waals surface area contributed by atoms with E-state index in [9.17, 15) is 4.79 Å². The molecule has 0 spiro atoms. The largest absolute Gasteiger partial charge is 0.377 e. The number of fused-ring (bicyclic) bond motifs is 1. The Morgan fingerprint density at radius 1 is 1.27 bits per heavy atom. The molecule has 0 bridgehead atoms. The van der Waals surface area contributed by atoms with Crippen molar-refractivity contribution in [2.75, 3.05) is 13.2 Å². The number of aromatic amines is 1. The van der Waals surface area contributed by atoms with Crippen LogP contribution in [0.5, 0.6) is 0 Å². The maximum absolute atomic E-state index is 12.3. The van der Waals surface area contributed by atoms with E-state index >= 15 is 0 Å². The van der Waals surface area contributed by atoms with Crippen LogP contribution in [-0.4, -0.2) is 33.5 Å². The third-order valence-corrected chi connectivity index (χ3v) is 3.87. The van der Waals surface area contributed by atoms with Crippen LogP contribution in [0, 0.1) is 6.92 Å². The van der Waals surface area contributed by atoms with Crippen LogP contribution >= 0.6 is 0 Å². The summed E-state index contributed by atoms with van der Waals surface area (Å²) in [4.78, 5) is 23.2. The van der Waals surface area contributed by atoms with Gasteiger partial charge in [-0.05, 0) is 24.5 Å². The topological polar surface area (TPSA) is 124 Å². The van der Waals surface area contributed by atoms with Gasteiger partial charge in [-0.25, -0.2) is 4.98 Å². The fourth-order valence-corrected chi connectivity index (χ4v) is 2.62. The van der Waals surface area contributed by atoms with Crippen LogP contribution in [0.15, 0.2) is 46.4 Å². The summed E-state index contributed by atoms with van der Waals surface area (Å²) in [6.07, 6.45) is 4.43. The molecule has 0 fully saturated rings. The van der Waals surface area contributed by atoms with Gasteiger partial charge in [-0.2, -0.15) is 0 Å². The highest BCUT2D eigenvalue weighted by atomic mass is 16.5. The SMILES string of the molecule is Cc1cn2cc(-c3ccc(COCCCN=C(N)N)cc3)c(=O)[nH]c2n1. The average molecular weight is 354 g/mol. The van der Waals surface area contributed by atoms with Crippen LogP contribution in [0.1, 0.15) is 17.7 Å². The van der Waals surface area contributed by atoms with Gasteiger partial charge < -0.3 is 16.2 Å². The molecule has 8 nitrogen and oxygen atoms in total. The number of nitrogens with one attached hydrogen (secondary N) is 1. The zero-order valence-electron chi connectivity index (χ0n) is 14.6. The Morgan fingerprint density at radius 3 is 2.77 bits per heavy atom. The van der Waals surface area contributed by atoms with E-state index in [1.54, 1.807) is 6.20 Å². The number of rotatable bonds is 7. The summed E-state index contributed by atoms with van der Waals surface area (Å²) in [6.45, 7) is 3.52. The van der Waals surface area contributed by atoms with Crippen LogP contribution < -0.4 is 17.0 Å². The van der Waals surface area contributed by atoms with Crippen molar-refractivity contribution in [3.8, 4) is 11.1 Å². The Morgan fingerprint density at radius 2 is 2.04 bits per heavy atom. The summed E-state index contributed by atoms with van der Waals surface area (Å²) in [5.74, 6) is 0.640. The number of H-pyrrole nitrogens is 1. The summed E-state index contributed by atoms with van der Waals surface area (Å²) in [5, 5.41) is 0. The number of benzene rings is 1. The predicted octanol–water partition coefficient (Wildman–Crippen LogP) is 1.18. The zero-order chi connectivity index (χ0) is 18.5. The van der Waals surface area contributed by atoms with E-state index in [1.807, 2.05) is 41.8 Å². The Kier molecular flexibility index (Phi) is 5.33. The van der Waals surface area contributed by atoms with E-state index in [1.165, 1.54) is 0 Å². The van der Waals surface area contributed by atoms with Crippen molar-refractivity contribution in [3.05, 3.63) is 58.3 Å². The molecule has 8 heteroatoms. The third-order valence-electron chi connectivity index (χ3n) is 3.87. The molecule has 0 unspecified atom stereocenters. The van der Waals surface area contributed by atoms with Gasteiger partial charge in [-0.15, -0.1) is 0 Å². The van der Waals surface area contributed by atoms with Crippen molar-refractivity contribution < 1.29 is 4.74 Å². The van der Waals surface area contributed by atoms with Crippen molar-refractivity contribution in [2.45, 2.75) is 20.0 Å². The van der Waals surface area contributed by atoms with E-state index in [2.05, 4.69) is 15.0 Å². The van der Waals surface area contributed by atoms with Gasteiger partial charge in [-0.1, -0.05) is 24.3 Å². The standard InChI is InChI=1S/C18H22N6O2/c1-12-9-24-10-15(16(25)23-18(24)22-12)14-5-3-13(4-6-14)11-26-8-2-7-21-17(19)20/h3-6,9-10H,2,7-8,11H2,1H3,(H4,19,20,21)(H,22,23,25). The first-order chi connectivity index (χ1) is 12.5. The van der Waals surface area contributed by atoms with Gasteiger partial charge >= 0.3 is 0 Å². The van der Waals surface area contributed by atoms with Gasteiger partial charge in [0, 0.05) is 25.5 Å². The molecule has 0 atom stereocenters. The number of imidazole rings is 1. The van der Waals surface area contributed by atoms with E-state index in [4.69, 9.17) is 16.2 Å². The van der Waals surface area contributed by atoms with Crippen LogP contribution in [0.2, 0.25) is 0 Å². The molecule has 0 aliphatic heterocycles. The van der Waals surface area contributed by atoms with Crippen molar-refractivity contribution in [1.29, 1.82) is 0 Å². The minimum Gasteiger partial charge on any atom is -0.377 e. The van der Waals surface area contributed by atoms with Crippen LogP contribution in [0.3, 0.4) is 0 Å². The monoisotopic (exact) mass is 354 g/mol. The van der Waals surface area contributed by atoms with Crippen LogP contribution in [0.25, 0.3) is 16.9 Å². The summed E-state index contributed by atoms with van der Waals surface area (Å²) in [6, 6.07) is 7.74. The lowest BCUT2D eigenvalue weighted by Gasteiger charge is -2.06. The minimum atomic E-state index is -0.160. The van der Waals surface area contributed by atoms with Crippen molar-refractivity contribution >= 4 is 11.7 Å². The van der Waals surface area contributed by atoms with Gasteiger partial charge in [0.2, 0.25) is 5.78 Å². The Hall–Kier alpha value is -3.13. The maximum Gasteiger partial charge on any atom is 0.260 e. The van der Waals surface area contributed by atoms with Crippen molar-refractivity contribution in [3.63, 3.8) is 0 Å². The molecule has 0 aliphatic rings. The van der Waals surface area contributed by atoms with Gasteiger partial charge in [0.15, 0.2) is 5.96 Å². The molecule has 26 heavy (non-hydrogen) atoms. The molecule has 3 aromatic rings. The van der Waals surface area contributed by atoms with Crippen molar-refractivity contribution in [1.82, 2.24) is 14.4 Å². The molecular formula is C18H22N6O2. The lowest BCUT2D eigenvalue weighted by atomic mass is 10.1. The molecule has 0 radical (unpaired) electrons. The first kappa shape index (κ1) is 17.7. The minimum absolute atomic E-state index is 0.0969. The number of hydrogen-bond donors (Lipinski definition) is 3. The molecule has 0 aliphatic carbocycles. The third kappa shape index (κ3) is 4.28. The number of aryl methyl sites for hydroxylation is 1. The van der Waals surface area contributed by atoms with E-state index in [-0.39, 0.29) is 11.5 Å². The fraction of sp³-hybridized carbons (Fsp3) is 0.278. The van der Waals surface area contributed by atoms with E-state index in [0.717, 1.165) is 23.2 Å².